The summed E-state index contributed by atoms with van der Waals surface area (Å²) >= 11 is 0. The van der Waals surface area contributed by atoms with Crippen molar-refractivity contribution < 1.29 is 12.9 Å². The van der Waals surface area contributed by atoms with Crippen molar-refractivity contribution in [3.05, 3.63) is 30.1 Å². The number of nitrogens with one attached hydrogen (secondary N) is 2. The van der Waals surface area contributed by atoms with Gasteiger partial charge in [0.05, 0.1) is 4.90 Å². The predicted octanol–water partition coefficient (Wildman–Crippen LogP) is 2.00. The maximum atomic E-state index is 12.1. The van der Waals surface area contributed by atoms with Gasteiger partial charge in [-0.05, 0) is 52.1 Å². The van der Waals surface area contributed by atoms with E-state index in [0.717, 1.165) is 0 Å². The Bertz CT molecular complexity index is 744. The molecule has 1 heterocycles. The van der Waals surface area contributed by atoms with E-state index in [4.69, 9.17) is 4.52 Å². The van der Waals surface area contributed by atoms with Crippen LogP contribution in [0, 0.1) is 0 Å². The number of hydrogen-bond acceptors (Lipinski definition) is 6. The fourth-order valence-electron chi connectivity index (χ4n) is 1.99. The monoisotopic (exact) mass is 374 g/mol. The topological polar surface area (TPSA) is 97.1 Å². The molecule has 0 amide bonds. The molecule has 1 atom stereocenters. The van der Waals surface area contributed by atoms with Crippen molar-refractivity contribution in [2.45, 2.75) is 44.2 Å². The second-order valence-electron chi connectivity index (χ2n) is 5.71. The van der Waals surface area contributed by atoms with E-state index < -0.39 is 10.0 Å². The summed E-state index contributed by atoms with van der Waals surface area (Å²) in [6.45, 7) is 5.58. The number of halogens is 1. The Hall–Kier alpha value is -1.48. The predicted molar refractivity (Wildman–Crippen MR) is 94.7 cm³/mol. The van der Waals surface area contributed by atoms with Crippen molar-refractivity contribution in [2.24, 2.45) is 0 Å². The minimum atomic E-state index is -3.50. The third kappa shape index (κ3) is 5.27. The van der Waals surface area contributed by atoms with Crippen LogP contribution in [0.5, 0.6) is 0 Å². The molecular formula is C15H23ClN4O3S. The van der Waals surface area contributed by atoms with Crippen LogP contribution in [0.4, 0.5) is 0 Å². The van der Waals surface area contributed by atoms with Crippen molar-refractivity contribution >= 4 is 22.4 Å². The normalized spacial score (nSPS) is 12.9. The fourth-order valence-corrected chi connectivity index (χ4v) is 3.24. The lowest BCUT2D eigenvalue weighted by Gasteiger charge is -2.09. The van der Waals surface area contributed by atoms with Crippen molar-refractivity contribution in [2.75, 3.05) is 7.05 Å². The number of rotatable bonds is 7. The van der Waals surface area contributed by atoms with Gasteiger partial charge in [0.25, 0.3) is 5.89 Å². The van der Waals surface area contributed by atoms with Crippen LogP contribution < -0.4 is 10.0 Å². The Morgan fingerprint density at radius 1 is 1.17 bits per heavy atom. The number of likely N-dealkylation sites (N-methyl/N-ethyl adjacent to an activating group) is 1. The van der Waals surface area contributed by atoms with Gasteiger partial charge in [-0.25, -0.2) is 13.1 Å². The number of sulfonamides is 1. The zero-order valence-corrected chi connectivity index (χ0v) is 15.7. The largest absolute Gasteiger partial charge is 0.334 e. The zero-order chi connectivity index (χ0) is 17.0. The standard InChI is InChI=1S/C15H22N4O3S.ClH/c1-10(2)19-23(20,21)13-7-5-12(6-8-13)15-17-14(18-22-15)9-11(3)16-4;/h5-8,10-11,16,19H,9H2,1-4H3;1H. The molecule has 134 valence electrons. The molecule has 1 aromatic heterocycles. The lowest BCUT2D eigenvalue weighted by atomic mass is 10.2. The van der Waals surface area contributed by atoms with E-state index in [1.165, 1.54) is 12.1 Å². The van der Waals surface area contributed by atoms with Gasteiger partial charge < -0.3 is 9.84 Å². The highest BCUT2D eigenvalue weighted by molar-refractivity contribution is 7.89. The summed E-state index contributed by atoms with van der Waals surface area (Å²) in [6.07, 6.45) is 0.658. The first-order valence-corrected chi connectivity index (χ1v) is 8.92. The Morgan fingerprint density at radius 2 is 1.79 bits per heavy atom. The molecule has 0 fully saturated rings. The highest BCUT2D eigenvalue weighted by Crippen LogP contribution is 2.20. The minimum absolute atomic E-state index is 0. The molecule has 0 saturated heterocycles. The quantitative estimate of drug-likeness (QED) is 0.769. The van der Waals surface area contributed by atoms with E-state index in [1.54, 1.807) is 26.0 Å². The Morgan fingerprint density at radius 3 is 2.33 bits per heavy atom. The molecule has 2 aromatic rings. The number of nitrogens with zero attached hydrogens (tertiary/aromatic N) is 2. The van der Waals surface area contributed by atoms with Crippen LogP contribution in [0.15, 0.2) is 33.7 Å². The van der Waals surface area contributed by atoms with Crippen LogP contribution in [0.3, 0.4) is 0 Å². The summed E-state index contributed by atoms with van der Waals surface area (Å²) in [4.78, 5) is 4.53. The molecule has 0 saturated carbocycles. The molecule has 2 N–H and O–H groups in total. The molecule has 0 aliphatic carbocycles. The molecule has 1 aromatic carbocycles. The molecule has 24 heavy (non-hydrogen) atoms. The smallest absolute Gasteiger partial charge is 0.257 e. The third-order valence-electron chi connectivity index (χ3n) is 3.25. The van der Waals surface area contributed by atoms with E-state index in [-0.39, 0.29) is 29.4 Å². The summed E-state index contributed by atoms with van der Waals surface area (Å²) in [5.41, 5.74) is 0.685. The lowest BCUT2D eigenvalue weighted by Crippen LogP contribution is -2.30. The van der Waals surface area contributed by atoms with E-state index in [9.17, 15) is 8.42 Å². The van der Waals surface area contributed by atoms with Crippen LogP contribution >= 0.6 is 12.4 Å². The van der Waals surface area contributed by atoms with E-state index in [0.29, 0.717) is 23.7 Å². The van der Waals surface area contributed by atoms with Crippen molar-refractivity contribution in [3.63, 3.8) is 0 Å². The first-order valence-electron chi connectivity index (χ1n) is 7.44. The van der Waals surface area contributed by atoms with Crippen LogP contribution in [-0.4, -0.2) is 37.7 Å². The van der Waals surface area contributed by atoms with Crippen molar-refractivity contribution in [1.82, 2.24) is 20.2 Å². The molecule has 9 heteroatoms. The molecule has 7 nitrogen and oxygen atoms in total. The molecule has 0 spiro atoms. The van der Waals surface area contributed by atoms with Crippen LogP contribution in [0.2, 0.25) is 0 Å². The van der Waals surface area contributed by atoms with Gasteiger partial charge in [-0.2, -0.15) is 4.98 Å². The second-order valence-corrected chi connectivity index (χ2v) is 7.42. The van der Waals surface area contributed by atoms with Gasteiger partial charge in [-0.1, -0.05) is 5.16 Å². The SMILES string of the molecule is CNC(C)Cc1noc(-c2ccc(S(=O)(=O)NC(C)C)cc2)n1.Cl. The summed E-state index contributed by atoms with van der Waals surface area (Å²) in [6, 6.07) is 6.46. The maximum absolute atomic E-state index is 12.1. The molecular weight excluding hydrogens is 352 g/mol. The van der Waals surface area contributed by atoms with Crippen molar-refractivity contribution in [1.29, 1.82) is 0 Å². The third-order valence-corrected chi connectivity index (χ3v) is 4.93. The summed E-state index contributed by atoms with van der Waals surface area (Å²) in [5.74, 6) is 0.990. The van der Waals surface area contributed by atoms with Crippen LogP contribution in [0.25, 0.3) is 11.5 Å². The molecule has 0 aliphatic heterocycles. The minimum Gasteiger partial charge on any atom is -0.334 e. The molecule has 0 bridgehead atoms. The van der Waals surface area contributed by atoms with Gasteiger partial charge in [0.2, 0.25) is 10.0 Å². The highest BCUT2D eigenvalue weighted by Gasteiger charge is 2.16. The van der Waals surface area contributed by atoms with Crippen LogP contribution in [-0.2, 0) is 16.4 Å². The number of aromatic nitrogens is 2. The van der Waals surface area contributed by atoms with E-state index in [2.05, 4.69) is 20.2 Å². The summed E-state index contributed by atoms with van der Waals surface area (Å²) in [7, 11) is -1.63. The lowest BCUT2D eigenvalue weighted by molar-refractivity contribution is 0.418. The van der Waals surface area contributed by atoms with Gasteiger partial charge >= 0.3 is 0 Å². The maximum Gasteiger partial charge on any atom is 0.257 e. The zero-order valence-electron chi connectivity index (χ0n) is 14.1. The highest BCUT2D eigenvalue weighted by atomic mass is 35.5. The van der Waals surface area contributed by atoms with Gasteiger partial charge in [-0.15, -0.1) is 12.4 Å². The Kier molecular flexibility index (Phi) is 7.34. The summed E-state index contributed by atoms with van der Waals surface area (Å²) in [5, 5.41) is 7.04. The summed E-state index contributed by atoms with van der Waals surface area (Å²) < 4.78 is 31.9. The molecule has 0 radical (unpaired) electrons. The number of benzene rings is 1. The van der Waals surface area contributed by atoms with Gasteiger partial charge in [-0.3, -0.25) is 0 Å². The van der Waals surface area contributed by atoms with E-state index >= 15 is 0 Å². The van der Waals surface area contributed by atoms with Gasteiger partial charge in [0.15, 0.2) is 5.82 Å². The second kappa shape index (κ2) is 8.57. The van der Waals surface area contributed by atoms with Crippen molar-refractivity contribution in [3.8, 4) is 11.5 Å². The van der Waals surface area contributed by atoms with Gasteiger partial charge in [0.1, 0.15) is 0 Å². The van der Waals surface area contributed by atoms with Gasteiger partial charge in [0, 0.05) is 24.1 Å². The first-order chi connectivity index (χ1) is 10.8. The number of hydrogen-bond donors (Lipinski definition) is 2. The van der Waals surface area contributed by atoms with E-state index in [1.807, 2.05) is 14.0 Å². The molecule has 1 unspecified atom stereocenters. The van der Waals surface area contributed by atoms with Crippen LogP contribution in [0.1, 0.15) is 26.6 Å². The average Bonchev–Trinajstić information content (AvgIpc) is 2.94. The fraction of sp³-hybridized carbons (Fsp3) is 0.467. The Labute approximate surface area is 148 Å². The molecule has 0 aliphatic rings. The average molecular weight is 375 g/mol. The Balaban J connectivity index is 0.00000288. The first kappa shape index (κ1) is 20.6. The molecule has 2 rings (SSSR count).